The van der Waals surface area contributed by atoms with Gasteiger partial charge >= 0.3 is 5.97 Å². The van der Waals surface area contributed by atoms with Crippen molar-refractivity contribution in [2.75, 3.05) is 5.32 Å². The number of carboxylic acid groups (broad SMARTS) is 1. The second kappa shape index (κ2) is 3.98. The Bertz CT molecular complexity index is 392. The molecule has 0 atom stereocenters. The minimum atomic E-state index is -1.09. The Morgan fingerprint density at radius 3 is 2.47 bits per heavy atom. The van der Waals surface area contributed by atoms with Gasteiger partial charge in [0.15, 0.2) is 10.8 Å². The molecule has 0 saturated heterocycles. The van der Waals surface area contributed by atoms with Crippen LogP contribution in [0.4, 0.5) is 5.13 Å². The fourth-order valence-electron chi connectivity index (χ4n) is 0.714. The first-order chi connectivity index (χ1) is 6.80. The van der Waals surface area contributed by atoms with Crippen LogP contribution in [0.1, 0.15) is 31.3 Å². The van der Waals surface area contributed by atoms with Crippen LogP contribution in [0.25, 0.3) is 0 Å². The molecule has 0 saturated carbocycles. The number of nitrogens with zero attached hydrogens (tertiary/aromatic N) is 1. The van der Waals surface area contributed by atoms with E-state index in [-0.39, 0.29) is 11.6 Å². The Labute approximate surface area is 91.1 Å². The Balaban J connectivity index is 2.74. The summed E-state index contributed by atoms with van der Waals surface area (Å²) in [5.74, 6) is -1.28. The highest BCUT2D eigenvalue weighted by Gasteiger charge is 2.22. The van der Waals surface area contributed by atoms with Crippen LogP contribution in [-0.4, -0.2) is 22.0 Å². The lowest BCUT2D eigenvalue weighted by atomic mass is 9.96. The predicted molar refractivity (Wildman–Crippen MR) is 57.2 cm³/mol. The van der Waals surface area contributed by atoms with Gasteiger partial charge in [0.25, 0.3) is 0 Å². The number of nitrogens with one attached hydrogen (secondary N) is 1. The van der Waals surface area contributed by atoms with Crippen molar-refractivity contribution in [2.24, 2.45) is 5.41 Å². The summed E-state index contributed by atoms with van der Waals surface area (Å²) in [5.41, 5.74) is -0.570. The zero-order valence-corrected chi connectivity index (χ0v) is 9.51. The summed E-state index contributed by atoms with van der Waals surface area (Å²) in [6.07, 6.45) is 0. The number of aromatic carboxylic acids is 1. The van der Waals surface area contributed by atoms with Gasteiger partial charge in [-0.3, -0.25) is 4.79 Å². The summed E-state index contributed by atoms with van der Waals surface area (Å²) in [4.78, 5) is 25.8. The molecule has 1 rings (SSSR count). The lowest BCUT2D eigenvalue weighted by molar-refractivity contribution is -0.123. The van der Waals surface area contributed by atoms with E-state index in [0.29, 0.717) is 5.13 Å². The molecule has 5 nitrogen and oxygen atoms in total. The number of thiazole rings is 1. The monoisotopic (exact) mass is 228 g/mol. The van der Waals surface area contributed by atoms with E-state index >= 15 is 0 Å². The molecule has 0 fully saturated rings. The molecule has 0 aromatic carbocycles. The van der Waals surface area contributed by atoms with Crippen molar-refractivity contribution in [1.82, 2.24) is 4.98 Å². The van der Waals surface area contributed by atoms with Gasteiger partial charge in [-0.05, 0) is 0 Å². The second-order valence-electron chi connectivity index (χ2n) is 4.05. The van der Waals surface area contributed by atoms with Crippen molar-refractivity contribution in [3.05, 3.63) is 11.1 Å². The van der Waals surface area contributed by atoms with E-state index in [1.807, 2.05) is 0 Å². The van der Waals surface area contributed by atoms with E-state index in [1.165, 1.54) is 5.38 Å². The van der Waals surface area contributed by atoms with Crippen molar-refractivity contribution < 1.29 is 14.7 Å². The molecule has 0 spiro atoms. The molecule has 1 heterocycles. The molecule has 15 heavy (non-hydrogen) atoms. The maximum absolute atomic E-state index is 11.5. The largest absolute Gasteiger partial charge is 0.476 e. The highest BCUT2D eigenvalue weighted by Crippen LogP contribution is 2.20. The van der Waals surface area contributed by atoms with Gasteiger partial charge in [-0.1, -0.05) is 20.8 Å². The summed E-state index contributed by atoms with van der Waals surface area (Å²) in [5, 5.41) is 12.9. The molecule has 1 amide bonds. The molecule has 82 valence electrons. The predicted octanol–water partition coefficient (Wildman–Crippen LogP) is 1.83. The fraction of sp³-hybridized carbons (Fsp3) is 0.444. The zero-order valence-electron chi connectivity index (χ0n) is 8.70. The van der Waals surface area contributed by atoms with Gasteiger partial charge < -0.3 is 10.4 Å². The third-order valence-electron chi connectivity index (χ3n) is 1.62. The highest BCUT2D eigenvalue weighted by molar-refractivity contribution is 7.14. The Kier molecular flexibility index (Phi) is 3.09. The van der Waals surface area contributed by atoms with Gasteiger partial charge in [0.05, 0.1) is 0 Å². The maximum atomic E-state index is 11.5. The van der Waals surface area contributed by atoms with Gasteiger partial charge in [-0.2, -0.15) is 0 Å². The molecular weight excluding hydrogens is 216 g/mol. The average molecular weight is 228 g/mol. The third kappa shape index (κ3) is 3.02. The number of amides is 1. The summed E-state index contributed by atoms with van der Waals surface area (Å²) in [6, 6.07) is 0. The average Bonchev–Trinajstić information content (AvgIpc) is 2.50. The first-order valence-electron chi connectivity index (χ1n) is 4.31. The summed E-state index contributed by atoms with van der Waals surface area (Å²) in [7, 11) is 0. The quantitative estimate of drug-likeness (QED) is 0.809. The SMILES string of the molecule is CC(C)(C)C(=O)Nc1nc(C(=O)O)cs1. The standard InChI is InChI=1S/C9H12N2O3S/c1-9(2,3)7(14)11-8-10-5(4-15-8)6(12)13/h4H,1-3H3,(H,12,13)(H,10,11,14). The molecule has 0 radical (unpaired) electrons. The molecule has 6 heteroatoms. The highest BCUT2D eigenvalue weighted by atomic mass is 32.1. The normalized spacial score (nSPS) is 11.1. The van der Waals surface area contributed by atoms with Crippen molar-refractivity contribution in [3.63, 3.8) is 0 Å². The molecule has 2 N–H and O–H groups in total. The van der Waals surface area contributed by atoms with E-state index < -0.39 is 11.4 Å². The summed E-state index contributed by atoms with van der Waals surface area (Å²) < 4.78 is 0. The van der Waals surface area contributed by atoms with Gasteiger partial charge in [0.2, 0.25) is 5.91 Å². The van der Waals surface area contributed by atoms with Crippen LogP contribution in [0.5, 0.6) is 0 Å². The van der Waals surface area contributed by atoms with Crippen LogP contribution < -0.4 is 5.32 Å². The van der Waals surface area contributed by atoms with Crippen LogP contribution in [0.3, 0.4) is 0 Å². The lowest BCUT2D eigenvalue weighted by Gasteiger charge is -2.15. The number of aromatic nitrogens is 1. The molecule has 0 bridgehead atoms. The van der Waals surface area contributed by atoms with Crippen LogP contribution in [0.2, 0.25) is 0 Å². The lowest BCUT2D eigenvalue weighted by Crippen LogP contribution is -2.27. The number of anilines is 1. The molecule has 0 aliphatic carbocycles. The van der Waals surface area contributed by atoms with Gasteiger partial charge in [0, 0.05) is 10.8 Å². The van der Waals surface area contributed by atoms with Crippen molar-refractivity contribution in [2.45, 2.75) is 20.8 Å². The molecule has 0 aliphatic rings. The van der Waals surface area contributed by atoms with Gasteiger partial charge in [0.1, 0.15) is 0 Å². The molecule has 1 aromatic heterocycles. The molecular formula is C9H12N2O3S. The molecule has 0 aliphatic heterocycles. The smallest absolute Gasteiger partial charge is 0.355 e. The number of hydrogen-bond acceptors (Lipinski definition) is 4. The summed E-state index contributed by atoms with van der Waals surface area (Å²) in [6.45, 7) is 5.32. The first kappa shape index (κ1) is 11.6. The maximum Gasteiger partial charge on any atom is 0.355 e. The van der Waals surface area contributed by atoms with E-state index in [1.54, 1.807) is 20.8 Å². The number of carboxylic acids is 1. The van der Waals surface area contributed by atoms with Gasteiger partial charge in [-0.15, -0.1) is 11.3 Å². The molecule has 1 aromatic rings. The van der Waals surface area contributed by atoms with Crippen molar-refractivity contribution >= 4 is 28.3 Å². The first-order valence-corrected chi connectivity index (χ1v) is 5.19. The van der Waals surface area contributed by atoms with E-state index in [4.69, 9.17) is 5.11 Å². The van der Waals surface area contributed by atoms with E-state index in [0.717, 1.165) is 11.3 Å². The Morgan fingerprint density at radius 1 is 1.47 bits per heavy atom. The Hall–Kier alpha value is -1.43. The fourth-order valence-corrected chi connectivity index (χ4v) is 1.39. The zero-order chi connectivity index (χ0) is 11.6. The minimum absolute atomic E-state index is 0.0517. The molecule has 0 unspecified atom stereocenters. The van der Waals surface area contributed by atoms with Gasteiger partial charge in [-0.25, -0.2) is 9.78 Å². The van der Waals surface area contributed by atoms with Crippen LogP contribution in [-0.2, 0) is 4.79 Å². The number of carbonyl (C=O) groups is 2. The number of hydrogen-bond donors (Lipinski definition) is 2. The van der Waals surface area contributed by atoms with Crippen LogP contribution in [0, 0.1) is 5.41 Å². The van der Waals surface area contributed by atoms with E-state index in [2.05, 4.69) is 10.3 Å². The minimum Gasteiger partial charge on any atom is -0.476 e. The topological polar surface area (TPSA) is 79.3 Å². The summed E-state index contributed by atoms with van der Waals surface area (Å²) >= 11 is 1.10. The van der Waals surface area contributed by atoms with Crippen LogP contribution >= 0.6 is 11.3 Å². The van der Waals surface area contributed by atoms with Crippen molar-refractivity contribution in [1.29, 1.82) is 0 Å². The number of carbonyl (C=O) groups excluding carboxylic acids is 1. The van der Waals surface area contributed by atoms with E-state index in [9.17, 15) is 9.59 Å². The Morgan fingerprint density at radius 2 is 2.07 bits per heavy atom. The second-order valence-corrected chi connectivity index (χ2v) is 4.91. The van der Waals surface area contributed by atoms with Crippen LogP contribution in [0.15, 0.2) is 5.38 Å². The van der Waals surface area contributed by atoms with Crippen molar-refractivity contribution in [3.8, 4) is 0 Å². The third-order valence-corrected chi connectivity index (χ3v) is 2.38. The number of rotatable bonds is 2.